The Morgan fingerprint density at radius 2 is 1.74 bits per heavy atom. The molecule has 46 heavy (non-hydrogen) atoms. The molecule has 4 aliphatic heterocycles. The Morgan fingerprint density at radius 1 is 1.04 bits per heavy atom. The highest BCUT2D eigenvalue weighted by Crippen LogP contribution is 2.42. The summed E-state index contributed by atoms with van der Waals surface area (Å²) in [6.45, 7) is 5.93. The summed E-state index contributed by atoms with van der Waals surface area (Å²) in [7, 11) is -1.44. The van der Waals surface area contributed by atoms with Gasteiger partial charge < -0.3 is 79.3 Å². The molecular formula is C27H47NO17Si. The maximum absolute atomic E-state index is 13.5. The lowest BCUT2D eigenvalue weighted by Gasteiger charge is -2.54. The molecule has 0 bridgehead atoms. The molecule has 4 rings (SSSR count). The zero-order chi connectivity index (χ0) is 34.1. The summed E-state index contributed by atoms with van der Waals surface area (Å²) in [4.78, 5) is 25.3. The largest absolute Gasteiger partial charge is 0.450 e. The molecule has 0 saturated carbocycles. The molecule has 0 radical (unpaired) electrons. The van der Waals surface area contributed by atoms with Gasteiger partial charge in [-0.25, -0.2) is 4.79 Å². The van der Waals surface area contributed by atoms with Crippen molar-refractivity contribution in [2.24, 2.45) is 0 Å². The molecule has 4 fully saturated rings. The minimum absolute atomic E-state index is 0.273. The summed E-state index contributed by atoms with van der Waals surface area (Å²) in [5.74, 6) is -4.39. The van der Waals surface area contributed by atoms with Crippen LogP contribution in [-0.2, 0) is 42.7 Å². The van der Waals surface area contributed by atoms with Crippen LogP contribution in [0.5, 0.6) is 0 Å². The summed E-state index contributed by atoms with van der Waals surface area (Å²) in [5.41, 5.74) is 0. The number of hydrogen-bond donors (Lipinski definition) is 9. The van der Waals surface area contributed by atoms with Gasteiger partial charge in [0.1, 0.15) is 54.9 Å². The van der Waals surface area contributed by atoms with E-state index in [1.165, 1.54) is 0 Å². The molecule has 0 aromatic rings. The summed E-state index contributed by atoms with van der Waals surface area (Å²) in [6, 6.07) is -0.570. The average molecular weight is 686 g/mol. The van der Waals surface area contributed by atoms with Gasteiger partial charge >= 0.3 is 5.97 Å². The molecule has 5 unspecified atom stereocenters. The summed E-state index contributed by atoms with van der Waals surface area (Å²) in [5, 5.41) is 85.9. The van der Waals surface area contributed by atoms with Gasteiger partial charge in [0.25, 0.3) is 5.79 Å². The third kappa shape index (κ3) is 8.07. The van der Waals surface area contributed by atoms with Gasteiger partial charge in [-0.3, -0.25) is 4.79 Å². The third-order valence-corrected chi connectivity index (χ3v) is 10.1. The number of nitrogens with one attached hydrogen (secondary N) is 1. The molecule has 266 valence electrons. The van der Waals surface area contributed by atoms with Crippen LogP contribution in [0.15, 0.2) is 0 Å². The van der Waals surface area contributed by atoms with E-state index in [1.807, 2.05) is 0 Å². The summed E-state index contributed by atoms with van der Waals surface area (Å²) >= 11 is 0. The van der Waals surface area contributed by atoms with Gasteiger partial charge in [-0.15, -0.1) is 0 Å². The van der Waals surface area contributed by atoms with Gasteiger partial charge in [-0.2, -0.15) is 0 Å². The van der Waals surface area contributed by atoms with Gasteiger partial charge in [-0.05, 0) is 6.04 Å². The zero-order valence-electron chi connectivity index (χ0n) is 26.1. The van der Waals surface area contributed by atoms with Crippen molar-refractivity contribution >= 4 is 20.0 Å². The highest BCUT2D eigenvalue weighted by Gasteiger charge is 2.64. The van der Waals surface area contributed by atoms with E-state index in [0.717, 1.165) is 13.0 Å². The number of hydrogen-bond acceptors (Lipinski definition) is 17. The fourth-order valence-electron chi connectivity index (χ4n) is 5.77. The number of carbonyl (C=O) groups is 2. The van der Waals surface area contributed by atoms with Crippen LogP contribution < -0.4 is 5.32 Å². The van der Waals surface area contributed by atoms with Crippen molar-refractivity contribution in [2.75, 3.05) is 26.4 Å². The molecule has 19 heteroatoms. The number of carbonyl (C=O) groups excluding carboxylic acids is 2. The lowest BCUT2D eigenvalue weighted by atomic mass is 9.87. The van der Waals surface area contributed by atoms with Crippen LogP contribution in [-0.4, -0.2) is 179 Å². The number of fused-ring (bicyclic) bond motifs is 1. The van der Waals surface area contributed by atoms with Crippen LogP contribution in [0.25, 0.3) is 0 Å². The van der Waals surface area contributed by atoms with Gasteiger partial charge in [-0.1, -0.05) is 19.6 Å². The summed E-state index contributed by atoms with van der Waals surface area (Å²) in [6.07, 6.45) is -20.9. The Hall–Kier alpha value is -1.40. The van der Waals surface area contributed by atoms with E-state index in [-0.39, 0.29) is 6.61 Å². The van der Waals surface area contributed by atoms with E-state index in [2.05, 4.69) is 25.0 Å². The smallest absolute Gasteiger partial charge is 0.367 e. The van der Waals surface area contributed by atoms with Crippen molar-refractivity contribution in [3.63, 3.8) is 0 Å². The summed E-state index contributed by atoms with van der Waals surface area (Å²) < 4.78 is 40.0. The second-order valence-electron chi connectivity index (χ2n) is 13.3. The molecular weight excluding hydrogens is 638 g/mol. The van der Waals surface area contributed by atoms with Gasteiger partial charge in [0.15, 0.2) is 18.7 Å². The van der Waals surface area contributed by atoms with Crippen LogP contribution in [0, 0.1) is 0 Å². The highest BCUT2D eigenvalue weighted by atomic mass is 28.3. The zero-order valence-corrected chi connectivity index (χ0v) is 27.1. The van der Waals surface area contributed by atoms with Crippen molar-refractivity contribution in [1.82, 2.24) is 5.32 Å². The SMILES string of the molecule is CC(=O)NC1C(O)C[C@@]2(OC1[C@H](O)[C@H](O)CO)O[C@H]1C(O)C(CO)O[C@@H](O[C@@H]3CO[C@@H](OCC[Si](C)(C)C)[C@H](O)[C@H]3O)[C@@H]1OC2=O. The first kappa shape index (κ1) is 37.4. The molecule has 4 aliphatic rings. The Kier molecular flexibility index (Phi) is 12.2. The monoisotopic (exact) mass is 685 g/mol. The molecule has 18 nitrogen and oxygen atoms in total. The van der Waals surface area contributed by atoms with Crippen LogP contribution in [0.3, 0.4) is 0 Å². The van der Waals surface area contributed by atoms with E-state index in [0.29, 0.717) is 6.61 Å². The molecule has 15 atom stereocenters. The van der Waals surface area contributed by atoms with E-state index in [4.69, 9.17) is 33.2 Å². The Morgan fingerprint density at radius 3 is 2.35 bits per heavy atom. The van der Waals surface area contributed by atoms with Crippen molar-refractivity contribution in [3.8, 4) is 0 Å². The molecule has 4 heterocycles. The number of esters is 1. The molecule has 1 spiro atoms. The van der Waals surface area contributed by atoms with Crippen LogP contribution >= 0.6 is 0 Å². The Labute approximate surface area is 266 Å². The van der Waals surface area contributed by atoms with Crippen molar-refractivity contribution in [1.29, 1.82) is 0 Å². The van der Waals surface area contributed by atoms with Crippen molar-refractivity contribution < 1.29 is 83.6 Å². The molecule has 0 aliphatic carbocycles. The fourth-order valence-corrected chi connectivity index (χ4v) is 6.50. The predicted octanol–water partition coefficient (Wildman–Crippen LogP) is -4.74. The number of amides is 1. The first-order valence-corrected chi connectivity index (χ1v) is 18.9. The Bertz CT molecular complexity index is 1050. The minimum atomic E-state index is -2.50. The fraction of sp³-hybridized carbons (Fsp3) is 0.926. The van der Waals surface area contributed by atoms with Gasteiger partial charge in [0.2, 0.25) is 5.91 Å². The first-order valence-electron chi connectivity index (χ1n) is 15.2. The van der Waals surface area contributed by atoms with E-state index >= 15 is 0 Å². The number of aliphatic hydroxyl groups is 8. The molecule has 1 amide bonds. The standard InChI is InChI=1S/C27H47NO17Si/c1-11(31)28-16-12(32)7-27(44-21(16)17(34)13(33)8-29)26(38)43-23-22(45-27)19(36)14(9-30)41-25(23)42-15-10-40-24(20(37)18(15)35)39-5-6-46(2,3)4/h12-25,29-30,32-37H,5-10H2,1-4H3,(H,28,31)/t12?,13-,14?,15-,16?,17-,18+,19?,20-,21?,22+,23-,24-,25+,27-/m1/s1. The van der Waals surface area contributed by atoms with Crippen molar-refractivity contribution in [3.05, 3.63) is 0 Å². The van der Waals surface area contributed by atoms with Gasteiger partial charge in [0, 0.05) is 28.0 Å². The highest BCUT2D eigenvalue weighted by molar-refractivity contribution is 6.76. The number of rotatable bonds is 11. The van der Waals surface area contributed by atoms with E-state index in [9.17, 15) is 50.4 Å². The van der Waals surface area contributed by atoms with Crippen LogP contribution in [0.1, 0.15) is 13.3 Å². The van der Waals surface area contributed by atoms with Crippen LogP contribution in [0.2, 0.25) is 25.7 Å². The van der Waals surface area contributed by atoms with Crippen molar-refractivity contribution in [2.45, 2.75) is 131 Å². The third-order valence-electron chi connectivity index (χ3n) is 8.42. The van der Waals surface area contributed by atoms with E-state index in [1.54, 1.807) is 0 Å². The topological polar surface area (TPSA) is 273 Å². The maximum atomic E-state index is 13.5. The lowest BCUT2D eigenvalue weighted by Crippen LogP contribution is -2.74. The predicted molar refractivity (Wildman–Crippen MR) is 152 cm³/mol. The average Bonchev–Trinajstić information content (AvgIpc) is 2.98. The number of aliphatic hydroxyl groups excluding tert-OH is 8. The second kappa shape index (κ2) is 15.0. The lowest BCUT2D eigenvalue weighted by molar-refractivity contribution is -0.405. The van der Waals surface area contributed by atoms with Crippen LogP contribution in [0.4, 0.5) is 0 Å². The second-order valence-corrected chi connectivity index (χ2v) is 18.9. The molecule has 4 saturated heterocycles. The first-order chi connectivity index (χ1) is 21.5. The number of ether oxygens (including phenoxy) is 7. The molecule has 0 aromatic carbocycles. The molecule has 9 N–H and O–H groups in total. The Balaban J connectivity index is 1.52. The molecule has 0 aromatic heterocycles. The van der Waals surface area contributed by atoms with Gasteiger partial charge in [0.05, 0.1) is 32.0 Å². The minimum Gasteiger partial charge on any atom is -0.450 e. The quantitative estimate of drug-likeness (QED) is 0.0730. The maximum Gasteiger partial charge on any atom is 0.367 e. The normalized spacial score (nSPS) is 43.0. The van der Waals surface area contributed by atoms with E-state index < -0.39 is 131 Å².